The van der Waals surface area contributed by atoms with Gasteiger partial charge in [0.15, 0.2) is 0 Å². The molecule has 0 fully saturated rings. The van der Waals surface area contributed by atoms with Gasteiger partial charge in [-0.25, -0.2) is 0 Å². The summed E-state index contributed by atoms with van der Waals surface area (Å²) in [5.41, 5.74) is 10.2. The van der Waals surface area contributed by atoms with Crippen molar-refractivity contribution in [2.75, 3.05) is 72.6 Å². The zero-order chi connectivity index (χ0) is 15.6. The van der Waals surface area contributed by atoms with Crippen LogP contribution < -0.4 is 11.5 Å². The normalized spacial score (nSPS) is 10.9. The largest absolute Gasteiger partial charge is 0.379 e. The van der Waals surface area contributed by atoms with E-state index in [1.54, 1.807) is 0 Å². The predicted molar refractivity (Wildman–Crippen MR) is 77.0 cm³/mol. The first kappa shape index (κ1) is 20.2. The van der Waals surface area contributed by atoms with Crippen LogP contribution in [0.25, 0.3) is 0 Å². The average Bonchev–Trinajstić information content (AvgIpc) is 2.46. The first-order valence-electron chi connectivity index (χ1n) is 7.14. The third-order valence-corrected chi connectivity index (χ3v) is 2.24. The summed E-state index contributed by atoms with van der Waals surface area (Å²) in [6, 6.07) is 0. The van der Waals surface area contributed by atoms with Crippen LogP contribution in [0.5, 0.6) is 0 Å². The van der Waals surface area contributed by atoms with Crippen molar-refractivity contribution in [3.63, 3.8) is 0 Å². The summed E-state index contributed by atoms with van der Waals surface area (Å²) >= 11 is 0. The standard InChI is InChI=1S/C13H28N2O6/c14-2-4-18-6-8-20-10-12-21-11-9-19-7-5-17-3-1-13(15)16/h1-12,14H2,(H2,15,16). The van der Waals surface area contributed by atoms with Crippen LogP contribution in [0.2, 0.25) is 0 Å². The Morgan fingerprint density at radius 3 is 1.29 bits per heavy atom. The van der Waals surface area contributed by atoms with Gasteiger partial charge in [-0.2, -0.15) is 0 Å². The van der Waals surface area contributed by atoms with Crippen LogP contribution in [0.4, 0.5) is 0 Å². The molecule has 0 aliphatic heterocycles. The van der Waals surface area contributed by atoms with E-state index in [9.17, 15) is 4.79 Å². The lowest BCUT2D eigenvalue weighted by Gasteiger charge is -2.07. The summed E-state index contributed by atoms with van der Waals surface area (Å²) in [6.07, 6.45) is 0.236. The molecule has 0 aromatic heterocycles. The number of hydrogen-bond donors (Lipinski definition) is 2. The van der Waals surface area contributed by atoms with Crippen molar-refractivity contribution in [2.24, 2.45) is 11.5 Å². The molecule has 8 heteroatoms. The molecule has 0 heterocycles. The van der Waals surface area contributed by atoms with E-state index in [2.05, 4.69) is 0 Å². The Morgan fingerprint density at radius 1 is 0.619 bits per heavy atom. The fourth-order valence-electron chi connectivity index (χ4n) is 1.24. The molecule has 0 unspecified atom stereocenters. The first-order valence-corrected chi connectivity index (χ1v) is 7.14. The molecule has 0 atom stereocenters. The minimum absolute atomic E-state index is 0.236. The number of amides is 1. The summed E-state index contributed by atoms with van der Waals surface area (Å²) in [5.74, 6) is -0.363. The Hall–Kier alpha value is -0.770. The zero-order valence-electron chi connectivity index (χ0n) is 12.6. The fraction of sp³-hybridized carbons (Fsp3) is 0.923. The van der Waals surface area contributed by atoms with Gasteiger partial charge >= 0.3 is 0 Å². The maximum absolute atomic E-state index is 10.4. The van der Waals surface area contributed by atoms with E-state index < -0.39 is 0 Å². The van der Waals surface area contributed by atoms with E-state index in [-0.39, 0.29) is 12.3 Å². The zero-order valence-corrected chi connectivity index (χ0v) is 12.6. The molecule has 0 aliphatic carbocycles. The molecule has 0 aliphatic rings. The number of ether oxygens (including phenoxy) is 5. The molecule has 0 aromatic rings. The van der Waals surface area contributed by atoms with Crippen molar-refractivity contribution in [1.82, 2.24) is 0 Å². The topological polar surface area (TPSA) is 115 Å². The lowest BCUT2D eigenvalue weighted by atomic mass is 10.4. The molecule has 8 nitrogen and oxygen atoms in total. The fourth-order valence-corrected chi connectivity index (χ4v) is 1.24. The smallest absolute Gasteiger partial charge is 0.219 e. The molecule has 0 spiro atoms. The highest BCUT2D eigenvalue weighted by Crippen LogP contribution is 1.85. The molecule has 4 N–H and O–H groups in total. The Morgan fingerprint density at radius 2 is 0.952 bits per heavy atom. The molecular formula is C13H28N2O6. The van der Waals surface area contributed by atoms with Crippen LogP contribution in [0.1, 0.15) is 6.42 Å². The molecule has 21 heavy (non-hydrogen) atoms. The van der Waals surface area contributed by atoms with E-state index in [4.69, 9.17) is 35.2 Å². The highest BCUT2D eigenvalue weighted by Gasteiger charge is 1.95. The van der Waals surface area contributed by atoms with Crippen LogP contribution in [0.15, 0.2) is 0 Å². The summed E-state index contributed by atoms with van der Waals surface area (Å²) in [5, 5.41) is 0. The van der Waals surface area contributed by atoms with Gasteiger partial charge in [0.2, 0.25) is 5.91 Å². The number of primary amides is 1. The molecule has 0 aromatic carbocycles. The van der Waals surface area contributed by atoms with Gasteiger partial charge in [-0.1, -0.05) is 0 Å². The highest BCUT2D eigenvalue weighted by atomic mass is 16.6. The summed E-state index contributed by atoms with van der Waals surface area (Å²) in [6.45, 7) is 5.49. The number of rotatable bonds is 17. The van der Waals surface area contributed by atoms with Crippen molar-refractivity contribution in [2.45, 2.75) is 6.42 Å². The van der Waals surface area contributed by atoms with Gasteiger partial charge in [0.25, 0.3) is 0 Å². The molecule has 126 valence electrons. The van der Waals surface area contributed by atoms with Crippen LogP contribution >= 0.6 is 0 Å². The second-order valence-electron chi connectivity index (χ2n) is 4.07. The van der Waals surface area contributed by atoms with E-state index in [0.29, 0.717) is 72.6 Å². The average molecular weight is 308 g/mol. The minimum Gasteiger partial charge on any atom is -0.379 e. The molecule has 1 amide bonds. The van der Waals surface area contributed by atoms with Crippen LogP contribution in [0, 0.1) is 0 Å². The van der Waals surface area contributed by atoms with E-state index >= 15 is 0 Å². The van der Waals surface area contributed by atoms with Gasteiger partial charge in [0.05, 0.1) is 66.1 Å². The number of carbonyl (C=O) groups excluding carboxylic acids is 1. The SMILES string of the molecule is NCCOCCOCCOCCOCCOCCC(N)=O. The lowest BCUT2D eigenvalue weighted by molar-refractivity contribution is -0.119. The highest BCUT2D eigenvalue weighted by molar-refractivity contribution is 5.73. The van der Waals surface area contributed by atoms with Crippen LogP contribution in [-0.4, -0.2) is 78.5 Å². The first-order chi connectivity index (χ1) is 10.3. The maximum atomic E-state index is 10.4. The summed E-state index contributed by atoms with van der Waals surface area (Å²) < 4.78 is 26.1. The van der Waals surface area contributed by atoms with Crippen molar-refractivity contribution in [3.05, 3.63) is 0 Å². The van der Waals surface area contributed by atoms with Gasteiger partial charge in [-0.05, 0) is 0 Å². The van der Waals surface area contributed by atoms with Crippen molar-refractivity contribution >= 4 is 5.91 Å². The van der Waals surface area contributed by atoms with E-state index in [1.165, 1.54) is 0 Å². The lowest BCUT2D eigenvalue weighted by Crippen LogP contribution is -2.16. The third kappa shape index (κ3) is 19.2. The quantitative estimate of drug-likeness (QED) is 0.328. The van der Waals surface area contributed by atoms with Crippen molar-refractivity contribution in [1.29, 1.82) is 0 Å². The Kier molecular flexibility index (Phi) is 16.6. The number of hydrogen-bond acceptors (Lipinski definition) is 7. The molecular weight excluding hydrogens is 280 g/mol. The van der Waals surface area contributed by atoms with Gasteiger partial charge < -0.3 is 35.2 Å². The van der Waals surface area contributed by atoms with E-state index in [0.717, 1.165) is 0 Å². The van der Waals surface area contributed by atoms with Gasteiger partial charge in [0, 0.05) is 13.0 Å². The van der Waals surface area contributed by atoms with Crippen LogP contribution in [0.3, 0.4) is 0 Å². The predicted octanol–water partition coefficient (Wildman–Crippen LogP) is -1.10. The van der Waals surface area contributed by atoms with Gasteiger partial charge in [0.1, 0.15) is 0 Å². The van der Waals surface area contributed by atoms with Crippen molar-refractivity contribution in [3.8, 4) is 0 Å². The van der Waals surface area contributed by atoms with E-state index in [1.807, 2.05) is 0 Å². The minimum atomic E-state index is -0.363. The number of nitrogens with two attached hydrogens (primary N) is 2. The summed E-state index contributed by atoms with van der Waals surface area (Å²) in [4.78, 5) is 10.4. The second kappa shape index (κ2) is 17.3. The molecule has 0 bridgehead atoms. The number of carbonyl (C=O) groups is 1. The maximum Gasteiger partial charge on any atom is 0.219 e. The Balaban J connectivity index is 2.95. The van der Waals surface area contributed by atoms with Crippen molar-refractivity contribution < 1.29 is 28.5 Å². The monoisotopic (exact) mass is 308 g/mol. The summed E-state index contributed by atoms with van der Waals surface area (Å²) in [7, 11) is 0. The van der Waals surface area contributed by atoms with Gasteiger partial charge in [-0.3, -0.25) is 4.79 Å². The second-order valence-corrected chi connectivity index (χ2v) is 4.07. The van der Waals surface area contributed by atoms with Gasteiger partial charge in [-0.15, -0.1) is 0 Å². The third-order valence-electron chi connectivity index (χ3n) is 2.24. The molecule has 0 rings (SSSR count). The Labute approximate surface area is 126 Å². The Bertz CT molecular complexity index is 231. The molecule has 0 saturated heterocycles. The van der Waals surface area contributed by atoms with Crippen LogP contribution in [-0.2, 0) is 28.5 Å². The molecule has 0 radical (unpaired) electrons. The molecule has 0 saturated carbocycles.